The zero-order valence-corrected chi connectivity index (χ0v) is 16.9. The van der Waals surface area contributed by atoms with Gasteiger partial charge in [0.1, 0.15) is 11.7 Å². The van der Waals surface area contributed by atoms with E-state index in [2.05, 4.69) is 10.5 Å². The van der Waals surface area contributed by atoms with Crippen LogP contribution >= 0.6 is 0 Å². The molecule has 1 aliphatic heterocycles. The molecule has 0 fully saturated rings. The Morgan fingerprint density at radius 1 is 1.17 bits per heavy atom. The summed E-state index contributed by atoms with van der Waals surface area (Å²) in [4.78, 5) is 26.8. The third kappa shape index (κ3) is 4.26. The molecule has 2 heterocycles. The molecule has 1 aliphatic rings. The lowest BCUT2D eigenvalue weighted by Gasteiger charge is -2.34. The number of methoxy groups -OCH3 is 1. The Balaban J connectivity index is 1.45. The Morgan fingerprint density at radius 3 is 2.63 bits per heavy atom. The third-order valence-electron chi connectivity index (χ3n) is 5.29. The maximum atomic E-state index is 12.6. The second kappa shape index (κ2) is 8.51. The van der Waals surface area contributed by atoms with Crippen LogP contribution in [-0.4, -0.2) is 41.6 Å². The second-order valence-electron chi connectivity index (χ2n) is 7.41. The van der Waals surface area contributed by atoms with Crippen LogP contribution in [0, 0.1) is 6.92 Å². The van der Waals surface area contributed by atoms with Crippen molar-refractivity contribution in [3.8, 4) is 11.3 Å². The molecule has 1 atom stereocenters. The summed E-state index contributed by atoms with van der Waals surface area (Å²) in [6.07, 6.45) is 0.510. The van der Waals surface area contributed by atoms with Gasteiger partial charge in [0.05, 0.1) is 13.7 Å². The Kier molecular flexibility index (Phi) is 5.63. The third-order valence-corrected chi connectivity index (χ3v) is 5.29. The van der Waals surface area contributed by atoms with Crippen molar-refractivity contribution in [1.29, 1.82) is 0 Å². The summed E-state index contributed by atoms with van der Waals surface area (Å²) in [5, 5.41) is 6.76. The summed E-state index contributed by atoms with van der Waals surface area (Å²) < 4.78 is 10.2. The van der Waals surface area contributed by atoms with Gasteiger partial charge in [0.2, 0.25) is 11.8 Å². The Hall–Kier alpha value is -3.45. The van der Waals surface area contributed by atoms with Crippen molar-refractivity contribution in [2.24, 2.45) is 0 Å². The highest BCUT2D eigenvalue weighted by Crippen LogP contribution is 2.25. The molecule has 3 aromatic rings. The van der Waals surface area contributed by atoms with Crippen LogP contribution in [0.1, 0.15) is 16.7 Å². The molecule has 2 aromatic carbocycles. The van der Waals surface area contributed by atoms with Gasteiger partial charge in [-0.15, -0.1) is 0 Å². The van der Waals surface area contributed by atoms with Gasteiger partial charge in [0.15, 0.2) is 0 Å². The predicted molar refractivity (Wildman–Crippen MR) is 112 cm³/mol. The van der Waals surface area contributed by atoms with E-state index in [1.165, 1.54) is 7.11 Å². The average Bonchev–Trinajstić information content (AvgIpc) is 3.21. The van der Waals surface area contributed by atoms with E-state index in [1.54, 1.807) is 6.07 Å². The largest absolute Gasteiger partial charge is 0.468 e. The molecule has 154 valence electrons. The highest BCUT2D eigenvalue weighted by atomic mass is 16.5. The molecule has 30 heavy (non-hydrogen) atoms. The number of ether oxygens (including phenoxy) is 1. The second-order valence-corrected chi connectivity index (χ2v) is 7.41. The van der Waals surface area contributed by atoms with E-state index < -0.39 is 6.04 Å². The first-order chi connectivity index (χ1) is 14.5. The number of rotatable bonds is 5. The highest BCUT2D eigenvalue weighted by molar-refractivity contribution is 5.92. The number of nitrogens with zero attached hydrogens (tertiary/aromatic N) is 2. The lowest BCUT2D eigenvalue weighted by atomic mass is 9.94. The van der Waals surface area contributed by atoms with Crippen molar-refractivity contribution < 1.29 is 18.8 Å². The number of aromatic nitrogens is 1. The van der Waals surface area contributed by atoms with Gasteiger partial charge >= 0.3 is 5.97 Å². The molecule has 1 aromatic heterocycles. The molecule has 1 N–H and O–H groups in total. The van der Waals surface area contributed by atoms with E-state index in [-0.39, 0.29) is 24.3 Å². The van der Waals surface area contributed by atoms with Crippen molar-refractivity contribution in [3.63, 3.8) is 0 Å². The van der Waals surface area contributed by atoms with Crippen LogP contribution in [0.15, 0.2) is 59.1 Å². The molecule has 0 bridgehead atoms. The number of benzene rings is 2. The molecule has 0 unspecified atom stereocenters. The zero-order valence-electron chi connectivity index (χ0n) is 16.9. The van der Waals surface area contributed by atoms with E-state index in [9.17, 15) is 9.59 Å². The predicted octanol–water partition coefficient (Wildman–Crippen LogP) is 3.19. The van der Waals surface area contributed by atoms with Crippen molar-refractivity contribution in [3.05, 3.63) is 71.3 Å². The Labute approximate surface area is 174 Å². The number of amides is 1. The summed E-state index contributed by atoms with van der Waals surface area (Å²) in [5.41, 5.74) is 4.90. The normalized spacial score (nSPS) is 16.0. The first-order valence-electron chi connectivity index (χ1n) is 9.76. The first kappa shape index (κ1) is 19.8. The molecule has 0 saturated heterocycles. The molecule has 7 nitrogen and oxygen atoms in total. The number of nitrogens with one attached hydrogen (secondary N) is 1. The van der Waals surface area contributed by atoms with Crippen molar-refractivity contribution in [2.75, 3.05) is 19.0 Å². The number of fused-ring (bicyclic) bond motifs is 1. The fourth-order valence-electron chi connectivity index (χ4n) is 3.67. The first-order valence-corrected chi connectivity index (χ1v) is 9.76. The quantitative estimate of drug-likeness (QED) is 0.657. The van der Waals surface area contributed by atoms with E-state index in [4.69, 9.17) is 9.26 Å². The number of anilines is 1. The van der Waals surface area contributed by atoms with E-state index in [1.807, 2.05) is 60.4 Å². The van der Waals surface area contributed by atoms with Gasteiger partial charge in [-0.1, -0.05) is 59.3 Å². The van der Waals surface area contributed by atoms with Gasteiger partial charge in [0, 0.05) is 18.2 Å². The standard InChI is InChI=1S/C23H23N3O4/c1-15-7-9-16(10-8-15)19-12-22(30-25-19)24-21(27)14-26-13-18-6-4-3-5-17(18)11-20(26)23(28)29-2/h3-10,12,20H,11,13-14H2,1-2H3,(H,24,27)/t20-/m1/s1. The van der Waals surface area contributed by atoms with Gasteiger partial charge in [-0.2, -0.15) is 0 Å². The SMILES string of the molecule is COC(=O)[C@H]1Cc2ccccc2CN1CC(=O)Nc1cc(-c2ccc(C)cc2)no1. The number of carbonyl (C=O) groups excluding carboxylic acids is 2. The maximum absolute atomic E-state index is 12.6. The number of esters is 1. The van der Waals surface area contributed by atoms with Crippen molar-refractivity contribution in [1.82, 2.24) is 10.1 Å². The van der Waals surface area contributed by atoms with Crippen LogP contribution in [0.4, 0.5) is 5.88 Å². The van der Waals surface area contributed by atoms with E-state index in [0.29, 0.717) is 18.7 Å². The minimum Gasteiger partial charge on any atom is -0.468 e. The van der Waals surface area contributed by atoms with Crippen molar-refractivity contribution in [2.45, 2.75) is 25.9 Å². The maximum Gasteiger partial charge on any atom is 0.323 e. The molecule has 4 rings (SSSR count). The fraction of sp³-hybridized carbons (Fsp3) is 0.261. The molecule has 7 heteroatoms. The molecule has 0 radical (unpaired) electrons. The molecule has 1 amide bonds. The van der Waals surface area contributed by atoms with Crippen LogP contribution < -0.4 is 5.32 Å². The van der Waals surface area contributed by atoms with Crippen LogP contribution in [-0.2, 0) is 27.3 Å². The minimum absolute atomic E-state index is 0.0364. The van der Waals surface area contributed by atoms with Gasteiger partial charge in [-0.05, 0) is 24.5 Å². The summed E-state index contributed by atoms with van der Waals surface area (Å²) in [5.74, 6) is -0.365. The van der Waals surface area contributed by atoms with Crippen LogP contribution in [0.25, 0.3) is 11.3 Å². The molecule has 0 spiro atoms. The summed E-state index contributed by atoms with van der Waals surface area (Å²) in [6.45, 7) is 2.54. The Morgan fingerprint density at radius 2 is 1.90 bits per heavy atom. The Bertz CT molecular complexity index is 1060. The lowest BCUT2D eigenvalue weighted by molar-refractivity contribution is -0.148. The van der Waals surface area contributed by atoms with E-state index >= 15 is 0 Å². The topological polar surface area (TPSA) is 84.7 Å². The van der Waals surface area contributed by atoms with Gasteiger partial charge in [-0.25, -0.2) is 0 Å². The number of aryl methyl sites for hydroxylation is 1. The van der Waals surface area contributed by atoms with Crippen molar-refractivity contribution >= 4 is 17.8 Å². The highest BCUT2D eigenvalue weighted by Gasteiger charge is 2.33. The smallest absolute Gasteiger partial charge is 0.323 e. The van der Waals surface area contributed by atoms with E-state index in [0.717, 1.165) is 22.3 Å². The molecule has 0 aliphatic carbocycles. The van der Waals surface area contributed by atoms with Crippen LogP contribution in [0.3, 0.4) is 0 Å². The molecular weight excluding hydrogens is 382 g/mol. The summed E-state index contributed by atoms with van der Waals surface area (Å²) in [6, 6.07) is 17.0. The van der Waals surface area contributed by atoms with Gasteiger partial charge in [0.25, 0.3) is 0 Å². The monoisotopic (exact) mass is 405 g/mol. The number of hydrogen-bond donors (Lipinski definition) is 1. The molecule has 0 saturated carbocycles. The number of hydrogen-bond acceptors (Lipinski definition) is 6. The van der Waals surface area contributed by atoms with Crippen LogP contribution in [0.5, 0.6) is 0 Å². The molecular formula is C23H23N3O4. The minimum atomic E-state index is -0.506. The lowest BCUT2D eigenvalue weighted by Crippen LogP contribution is -2.49. The fourth-order valence-corrected chi connectivity index (χ4v) is 3.67. The van der Waals surface area contributed by atoms with Gasteiger partial charge in [-0.3, -0.25) is 19.8 Å². The summed E-state index contributed by atoms with van der Waals surface area (Å²) >= 11 is 0. The average molecular weight is 405 g/mol. The number of carbonyl (C=O) groups is 2. The van der Waals surface area contributed by atoms with Gasteiger partial charge < -0.3 is 9.26 Å². The zero-order chi connectivity index (χ0) is 21.1. The van der Waals surface area contributed by atoms with Crippen LogP contribution in [0.2, 0.25) is 0 Å². The summed E-state index contributed by atoms with van der Waals surface area (Å²) in [7, 11) is 1.36.